The van der Waals surface area contributed by atoms with Gasteiger partial charge < -0.3 is 4.74 Å². The standard InChI is InChI=1S/C24H19N3OS/c1-2-6-21-16(4-1)12-22(29-21)20-11-17(10-18-13-26-27-23(18)20)19-5-3-9-25-24(19)28-14-15-7-8-15/h1-6,9-13,15H,7-8,14H2,(H,26,27). The summed E-state index contributed by atoms with van der Waals surface area (Å²) >= 11 is 1.80. The molecule has 0 atom stereocenters. The van der Waals surface area contributed by atoms with Crippen molar-refractivity contribution in [3.8, 4) is 27.4 Å². The van der Waals surface area contributed by atoms with Crippen LogP contribution in [0.5, 0.6) is 5.88 Å². The second kappa shape index (κ2) is 6.71. The average molecular weight is 398 g/mol. The van der Waals surface area contributed by atoms with E-state index < -0.39 is 0 Å². The van der Waals surface area contributed by atoms with Crippen molar-refractivity contribution in [3.05, 3.63) is 67.0 Å². The van der Waals surface area contributed by atoms with Crippen molar-refractivity contribution in [1.82, 2.24) is 15.2 Å². The normalized spacial score (nSPS) is 13.9. The van der Waals surface area contributed by atoms with Gasteiger partial charge in [0.15, 0.2) is 0 Å². The molecule has 3 heterocycles. The molecule has 0 radical (unpaired) electrons. The molecule has 0 bridgehead atoms. The van der Waals surface area contributed by atoms with Crippen LogP contribution < -0.4 is 4.74 Å². The Morgan fingerprint density at radius 2 is 1.93 bits per heavy atom. The van der Waals surface area contributed by atoms with E-state index in [1.165, 1.54) is 27.8 Å². The molecule has 0 saturated heterocycles. The maximum Gasteiger partial charge on any atom is 0.221 e. The van der Waals surface area contributed by atoms with Crippen LogP contribution >= 0.6 is 11.3 Å². The summed E-state index contributed by atoms with van der Waals surface area (Å²) in [5.41, 5.74) is 4.35. The summed E-state index contributed by atoms with van der Waals surface area (Å²) in [6.07, 6.45) is 6.21. The molecule has 2 aromatic carbocycles. The van der Waals surface area contributed by atoms with Gasteiger partial charge in [-0.25, -0.2) is 4.98 Å². The Bertz CT molecular complexity index is 1300. The van der Waals surface area contributed by atoms with E-state index in [1.54, 1.807) is 17.5 Å². The van der Waals surface area contributed by atoms with E-state index in [9.17, 15) is 0 Å². The lowest BCUT2D eigenvalue weighted by atomic mass is 10.00. The van der Waals surface area contributed by atoms with E-state index >= 15 is 0 Å². The molecule has 0 spiro atoms. The molecule has 1 fully saturated rings. The number of pyridine rings is 1. The molecule has 5 aromatic rings. The zero-order valence-electron chi connectivity index (χ0n) is 15.8. The van der Waals surface area contributed by atoms with Crippen LogP contribution in [0.2, 0.25) is 0 Å². The van der Waals surface area contributed by atoms with Gasteiger partial charge in [0.2, 0.25) is 5.88 Å². The minimum atomic E-state index is 0.690. The van der Waals surface area contributed by atoms with E-state index in [4.69, 9.17) is 4.74 Å². The monoisotopic (exact) mass is 397 g/mol. The third-order valence-corrected chi connectivity index (χ3v) is 6.62. The molecule has 142 valence electrons. The number of aromatic amines is 1. The molecule has 1 aliphatic rings. The number of aromatic nitrogens is 3. The molecule has 5 heteroatoms. The lowest BCUT2D eigenvalue weighted by molar-refractivity contribution is 0.290. The van der Waals surface area contributed by atoms with E-state index in [1.807, 2.05) is 12.3 Å². The van der Waals surface area contributed by atoms with Crippen LogP contribution in [0.4, 0.5) is 0 Å². The highest BCUT2D eigenvalue weighted by Crippen LogP contribution is 2.40. The first-order valence-corrected chi connectivity index (χ1v) is 10.7. The average Bonchev–Trinajstić information content (AvgIpc) is 3.29. The third-order valence-electron chi connectivity index (χ3n) is 5.47. The first-order chi connectivity index (χ1) is 14.3. The lowest BCUT2D eigenvalue weighted by Crippen LogP contribution is -2.02. The molecule has 0 aliphatic heterocycles. The zero-order valence-corrected chi connectivity index (χ0v) is 16.6. The number of nitrogens with one attached hydrogen (secondary N) is 1. The number of rotatable bonds is 5. The number of fused-ring (bicyclic) bond motifs is 2. The van der Waals surface area contributed by atoms with Gasteiger partial charge in [0.05, 0.1) is 18.3 Å². The number of thiophene rings is 1. The lowest BCUT2D eigenvalue weighted by Gasteiger charge is -2.11. The number of hydrogen-bond donors (Lipinski definition) is 1. The van der Waals surface area contributed by atoms with E-state index in [-0.39, 0.29) is 0 Å². The summed E-state index contributed by atoms with van der Waals surface area (Å²) in [5, 5.41) is 9.84. The van der Waals surface area contributed by atoms with Gasteiger partial charge in [0, 0.05) is 32.3 Å². The largest absolute Gasteiger partial charge is 0.477 e. The molecule has 6 rings (SSSR count). The SMILES string of the molecule is c1cnc(OCC2CC2)c(-c2cc(-c3cc4ccccc4s3)c3[nH]ncc3c2)c1. The molecule has 0 unspecified atom stereocenters. The molecular weight excluding hydrogens is 378 g/mol. The maximum atomic E-state index is 6.07. The number of benzene rings is 2. The molecule has 1 aliphatic carbocycles. The molecule has 0 amide bonds. The van der Waals surface area contributed by atoms with Gasteiger partial charge in [0.1, 0.15) is 0 Å². The van der Waals surface area contributed by atoms with Crippen molar-refractivity contribution in [3.63, 3.8) is 0 Å². The van der Waals surface area contributed by atoms with Crippen molar-refractivity contribution in [1.29, 1.82) is 0 Å². The van der Waals surface area contributed by atoms with Gasteiger partial charge in [-0.2, -0.15) is 5.10 Å². The van der Waals surface area contributed by atoms with Gasteiger partial charge in [0.25, 0.3) is 0 Å². The maximum absolute atomic E-state index is 6.07. The highest BCUT2D eigenvalue weighted by molar-refractivity contribution is 7.22. The van der Waals surface area contributed by atoms with Crippen LogP contribution in [0.3, 0.4) is 0 Å². The van der Waals surface area contributed by atoms with Gasteiger partial charge in [-0.3, -0.25) is 5.10 Å². The second-order valence-electron chi connectivity index (χ2n) is 7.62. The van der Waals surface area contributed by atoms with Crippen LogP contribution in [-0.4, -0.2) is 21.8 Å². The Morgan fingerprint density at radius 1 is 1.00 bits per heavy atom. The second-order valence-corrected chi connectivity index (χ2v) is 8.70. The molecule has 1 N–H and O–H groups in total. The summed E-state index contributed by atoms with van der Waals surface area (Å²) in [7, 11) is 0. The Kier molecular flexibility index (Phi) is 3.87. The van der Waals surface area contributed by atoms with Crippen molar-refractivity contribution < 1.29 is 4.74 Å². The highest BCUT2D eigenvalue weighted by atomic mass is 32.1. The van der Waals surface area contributed by atoms with Crippen LogP contribution in [-0.2, 0) is 0 Å². The summed E-state index contributed by atoms with van der Waals surface area (Å²) in [6, 6.07) is 19.2. The zero-order chi connectivity index (χ0) is 19.2. The molecule has 3 aromatic heterocycles. The van der Waals surface area contributed by atoms with Crippen LogP contribution in [0.25, 0.3) is 42.6 Å². The first-order valence-electron chi connectivity index (χ1n) is 9.89. The summed E-state index contributed by atoms with van der Waals surface area (Å²) in [6.45, 7) is 0.751. The summed E-state index contributed by atoms with van der Waals surface area (Å²) in [5.74, 6) is 1.40. The Hall–Kier alpha value is -3.18. The Labute approximate surface area is 172 Å². The number of hydrogen-bond acceptors (Lipinski definition) is 4. The molecule has 1 saturated carbocycles. The topological polar surface area (TPSA) is 50.8 Å². The first kappa shape index (κ1) is 16.7. The Morgan fingerprint density at radius 3 is 2.83 bits per heavy atom. The number of ether oxygens (including phenoxy) is 1. The van der Waals surface area contributed by atoms with Crippen LogP contribution in [0.15, 0.2) is 67.0 Å². The van der Waals surface area contributed by atoms with Crippen LogP contribution in [0, 0.1) is 5.92 Å². The number of nitrogens with zero attached hydrogens (tertiary/aromatic N) is 2. The smallest absolute Gasteiger partial charge is 0.221 e. The van der Waals surface area contributed by atoms with Crippen molar-refractivity contribution in [2.75, 3.05) is 6.61 Å². The quantitative estimate of drug-likeness (QED) is 0.379. The van der Waals surface area contributed by atoms with Crippen molar-refractivity contribution in [2.24, 2.45) is 5.92 Å². The van der Waals surface area contributed by atoms with Gasteiger partial charge in [-0.15, -0.1) is 11.3 Å². The predicted octanol–water partition coefficient (Wildman–Crippen LogP) is 6.30. The summed E-state index contributed by atoms with van der Waals surface area (Å²) < 4.78 is 7.36. The Balaban J connectivity index is 1.50. The van der Waals surface area contributed by atoms with E-state index in [0.29, 0.717) is 11.8 Å². The van der Waals surface area contributed by atoms with Crippen molar-refractivity contribution in [2.45, 2.75) is 12.8 Å². The predicted molar refractivity (Wildman–Crippen MR) is 118 cm³/mol. The van der Waals surface area contributed by atoms with E-state index in [2.05, 4.69) is 63.7 Å². The third kappa shape index (κ3) is 3.08. The fourth-order valence-corrected chi connectivity index (χ4v) is 4.81. The highest BCUT2D eigenvalue weighted by Gasteiger charge is 2.23. The molecule has 29 heavy (non-hydrogen) atoms. The minimum absolute atomic E-state index is 0.690. The van der Waals surface area contributed by atoms with E-state index in [0.717, 1.165) is 34.2 Å². The van der Waals surface area contributed by atoms with Crippen molar-refractivity contribution >= 4 is 32.3 Å². The molecule has 4 nitrogen and oxygen atoms in total. The van der Waals surface area contributed by atoms with Gasteiger partial charge >= 0.3 is 0 Å². The fourth-order valence-electron chi connectivity index (χ4n) is 3.73. The minimum Gasteiger partial charge on any atom is -0.477 e. The van der Waals surface area contributed by atoms with Gasteiger partial charge in [-0.05, 0) is 66.1 Å². The number of H-pyrrole nitrogens is 1. The summed E-state index contributed by atoms with van der Waals surface area (Å²) in [4.78, 5) is 5.75. The van der Waals surface area contributed by atoms with Gasteiger partial charge in [-0.1, -0.05) is 18.2 Å². The fraction of sp³-hybridized carbons (Fsp3) is 0.167. The van der Waals surface area contributed by atoms with Crippen LogP contribution in [0.1, 0.15) is 12.8 Å². The molecular formula is C24H19N3OS.